The summed E-state index contributed by atoms with van der Waals surface area (Å²) < 4.78 is 23.7. The van der Waals surface area contributed by atoms with Crippen LogP contribution >= 0.6 is 0 Å². The van der Waals surface area contributed by atoms with Crippen molar-refractivity contribution in [3.05, 3.63) is 59.9 Å². The zero-order chi connectivity index (χ0) is 19.4. The predicted octanol–water partition coefficient (Wildman–Crippen LogP) is 1.25. The fourth-order valence-electron chi connectivity index (χ4n) is 2.58. The van der Waals surface area contributed by atoms with Gasteiger partial charge in [-0.25, -0.2) is 13.4 Å². The molecule has 3 aromatic rings. The maximum Gasteiger partial charge on any atom is 0.260 e. The number of benzene rings is 2. The highest BCUT2D eigenvalue weighted by Gasteiger charge is 2.18. The molecule has 3 rings (SSSR count). The van der Waals surface area contributed by atoms with E-state index in [1.54, 1.807) is 0 Å². The van der Waals surface area contributed by atoms with Gasteiger partial charge in [-0.15, -0.1) is 0 Å². The first-order valence-electron chi connectivity index (χ1n) is 8.17. The molecule has 0 aliphatic rings. The van der Waals surface area contributed by atoms with Crippen LogP contribution in [0.3, 0.4) is 0 Å². The van der Waals surface area contributed by atoms with Crippen molar-refractivity contribution in [2.45, 2.75) is 11.3 Å². The van der Waals surface area contributed by atoms with E-state index in [1.165, 1.54) is 18.5 Å². The summed E-state index contributed by atoms with van der Waals surface area (Å²) in [5.41, 5.74) is 7.81. The van der Waals surface area contributed by atoms with Crippen molar-refractivity contribution in [1.29, 1.82) is 0 Å². The highest BCUT2D eigenvalue weighted by molar-refractivity contribution is 7.90. The molecule has 1 aromatic heterocycles. The predicted molar refractivity (Wildman–Crippen MR) is 103 cm³/mol. The quantitative estimate of drug-likeness (QED) is 0.449. The maximum atomic E-state index is 12.6. The number of aliphatic imine (C=N–C) groups is 1. The number of nitrogens with one attached hydrogen (secondary N) is 2. The Kier molecular flexibility index (Phi) is 5.22. The molecule has 0 aliphatic heterocycles. The van der Waals surface area contributed by atoms with E-state index in [9.17, 15) is 13.2 Å². The number of fused-ring (bicyclic) bond motifs is 1. The molecule has 0 unspecified atom stereocenters. The molecule has 0 aliphatic carbocycles. The highest BCUT2D eigenvalue weighted by Crippen LogP contribution is 2.21. The minimum absolute atomic E-state index is 0.0176. The molecule has 4 N–H and O–H groups in total. The number of guanidine groups is 1. The smallest absolute Gasteiger partial charge is 0.260 e. The highest BCUT2D eigenvalue weighted by atomic mass is 32.2. The lowest BCUT2D eigenvalue weighted by atomic mass is 10.1. The Hall–Kier alpha value is -3.20. The second-order valence-electron chi connectivity index (χ2n) is 6.00. The Morgan fingerprint density at radius 3 is 2.70 bits per heavy atom. The van der Waals surface area contributed by atoms with E-state index in [-0.39, 0.29) is 16.4 Å². The number of aromatic nitrogens is 2. The number of hydrogen-bond donors (Lipinski definition) is 3. The van der Waals surface area contributed by atoms with Crippen molar-refractivity contribution in [2.75, 3.05) is 12.8 Å². The van der Waals surface area contributed by atoms with Gasteiger partial charge in [-0.3, -0.25) is 15.1 Å². The molecule has 140 valence electrons. The number of nitrogens with two attached hydrogens (primary N) is 1. The van der Waals surface area contributed by atoms with Crippen molar-refractivity contribution in [3.8, 4) is 0 Å². The van der Waals surface area contributed by atoms with Crippen LogP contribution in [0.5, 0.6) is 0 Å². The fraction of sp³-hybridized carbons (Fsp3) is 0.167. The summed E-state index contributed by atoms with van der Waals surface area (Å²) in [4.78, 5) is 23.6. The van der Waals surface area contributed by atoms with E-state index in [0.717, 1.165) is 11.8 Å². The van der Waals surface area contributed by atoms with E-state index in [0.29, 0.717) is 24.0 Å². The van der Waals surface area contributed by atoms with Crippen LogP contribution in [0.1, 0.15) is 15.9 Å². The molecule has 0 saturated carbocycles. The number of rotatable bonds is 5. The van der Waals surface area contributed by atoms with Gasteiger partial charge in [0.25, 0.3) is 5.91 Å². The molecule has 9 heteroatoms. The lowest BCUT2D eigenvalue weighted by Crippen LogP contribution is -2.37. The molecular weight excluding hydrogens is 366 g/mol. The number of aromatic amines is 1. The molecule has 8 nitrogen and oxygen atoms in total. The normalized spacial score (nSPS) is 12.3. The monoisotopic (exact) mass is 385 g/mol. The molecule has 0 fully saturated rings. The Labute approximate surface area is 156 Å². The number of hydrogen-bond acceptors (Lipinski definition) is 5. The van der Waals surface area contributed by atoms with Crippen molar-refractivity contribution in [3.63, 3.8) is 0 Å². The molecule has 0 bridgehead atoms. The zero-order valence-electron chi connectivity index (χ0n) is 14.6. The first-order chi connectivity index (χ1) is 12.8. The van der Waals surface area contributed by atoms with Gasteiger partial charge in [-0.1, -0.05) is 30.3 Å². The molecule has 0 spiro atoms. The van der Waals surface area contributed by atoms with Crippen LogP contribution in [0, 0.1) is 0 Å². The minimum Gasteiger partial charge on any atom is -0.370 e. The van der Waals surface area contributed by atoms with Gasteiger partial charge in [-0.05, 0) is 24.1 Å². The van der Waals surface area contributed by atoms with Crippen LogP contribution in [-0.4, -0.2) is 43.1 Å². The van der Waals surface area contributed by atoms with Crippen LogP contribution in [0.15, 0.2) is 58.7 Å². The van der Waals surface area contributed by atoms with Crippen LogP contribution < -0.4 is 11.1 Å². The first-order valence-corrected chi connectivity index (χ1v) is 10.1. The number of nitrogens with zero attached hydrogens (tertiary/aromatic N) is 2. The van der Waals surface area contributed by atoms with Gasteiger partial charge in [-0.2, -0.15) is 0 Å². The summed E-state index contributed by atoms with van der Waals surface area (Å²) in [6, 6.07) is 12.5. The number of carbonyl (C=O) groups excluding carboxylic acids is 1. The van der Waals surface area contributed by atoms with E-state index in [1.807, 2.05) is 30.3 Å². The largest absolute Gasteiger partial charge is 0.370 e. The van der Waals surface area contributed by atoms with Crippen molar-refractivity contribution in [1.82, 2.24) is 15.3 Å². The van der Waals surface area contributed by atoms with Gasteiger partial charge in [0, 0.05) is 12.8 Å². The number of carbonyl (C=O) groups is 1. The van der Waals surface area contributed by atoms with Gasteiger partial charge in [0.15, 0.2) is 15.8 Å². The third kappa shape index (κ3) is 4.50. The molecule has 1 heterocycles. The average molecular weight is 385 g/mol. The van der Waals surface area contributed by atoms with Crippen LogP contribution in [0.4, 0.5) is 0 Å². The lowest BCUT2D eigenvalue weighted by Gasteiger charge is -2.07. The van der Waals surface area contributed by atoms with Gasteiger partial charge in [0.05, 0.1) is 22.3 Å². The summed E-state index contributed by atoms with van der Waals surface area (Å²) in [7, 11) is -3.49. The Balaban J connectivity index is 1.77. The molecule has 0 atom stereocenters. The van der Waals surface area contributed by atoms with Gasteiger partial charge in [0.2, 0.25) is 0 Å². The average Bonchev–Trinajstić information content (AvgIpc) is 3.09. The molecule has 1 amide bonds. The number of sulfone groups is 1. The summed E-state index contributed by atoms with van der Waals surface area (Å²) in [6.45, 7) is 0.414. The van der Waals surface area contributed by atoms with Crippen molar-refractivity contribution < 1.29 is 13.2 Å². The molecule has 0 radical (unpaired) electrons. The van der Waals surface area contributed by atoms with E-state index >= 15 is 0 Å². The second-order valence-corrected chi connectivity index (χ2v) is 8.01. The molecule has 2 aromatic carbocycles. The van der Waals surface area contributed by atoms with E-state index in [2.05, 4.69) is 20.3 Å². The number of amides is 1. The van der Waals surface area contributed by atoms with E-state index in [4.69, 9.17) is 5.73 Å². The molecule has 27 heavy (non-hydrogen) atoms. The standard InChI is InChI=1S/C18H19N5O3S/c1-27(25,26)13-9-14(16-15(10-13)21-11-22-16)17(24)23-18(19)20-8-7-12-5-3-2-4-6-12/h2-6,9-11H,7-8H2,1H3,(H,21,22)(H3,19,20,23,24). The Bertz CT molecular complexity index is 1100. The summed E-state index contributed by atoms with van der Waals surface area (Å²) in [5.74, 6) is -0.608. The zero-order valence-corrected chi connectivity index (χ0v) is 15.5. The third-order valence-electron chi connectivity index (χ3n) is 3.94. The summed E-state index contributed by atoms with van der Waals surface area (Å²) in [6.07, 6.45) is 3.15. The van der Waals surface area contributed by atoms with E-state index < -0.39 is 15.7 Å². The summed E-state index contributed by atoms with van der Waals surface area (Å²) >= 11 is 0. The topological polar surface area (TPSA) is 130 Å². The Morgan fingerprint density at radius 2 is 2.00 bits per heavy atom. The van der Waals surface area contributed by atoms with Gasteiger partial charge < -0.3 is 10.7 Å². The van der Waals surface area contributed by atoms with Gasteiger partial charge >= 0.3 is 0 Å². The summed E-state index contributed by atoms with van der Waals surface area (Å²) in [5, 5.41) is 2.48. The number of H-pyrrole nitrogens is 1. The fourth-order valence-corrected chi connectivity index (χ4v) is 3.25. The maximum absolute atomic E-state index is 12.6. The van der Waals surface area contributed by atoms with Crippen LogP contribution in [-0.2, 0) is 16.3 Å². The minimum atomic E-state index is -3.49. The van der Waals surface area contributed by atoms with Crippen molar-refractivity contribution in [2.24, 2.45) is 10.7 Å². The molecular formula is C18H19N5O3S. The first kappa shape index (κ1) is 18.6. The van der Waals surface area contributed by atoms with Gasteiger partial charge in [0.1, 0.15) is 5.52 Å². The molecule has 0 saturated heterocycles. The van der Waals surface area contributed by atoms with Crippen molar-refractivity contribution >= 4 is 32.7 Å². The number of imidazole rings is 1. The second kappa shape index (κ2) is 7.58. The Morgan fingerprint density at radius 1 is 1.26 bits per heavy atom. The van der Waals surface area contributed by atoms with Crippen LogP contribution in [0.2, 0.25) is 0 Å². The lowest BCUT2D eigenvalue weighted by molar-refractivity contribution is 0.0978. The SMILES string of the molecule is CS(=O)(=O)c1cc(C(=O)NC(N)=NCCc2ccccc2)c2nc[nH]c2c1. The van der Waals surface area contributed by atoms with Crippen LogP contribution in [0.25, 0.3) is 11.0 Å². The third-order valence-corrected chi connectivity index (χ3v) is 5.03.